The highest BCUT2D eigenvalue weighted by Gasteiger charge is 2.17. The Hall–Kier alpha value is -2.73. The van der Waals surface area contributed by atoms with Gasteiger partial charge in [0.15, 0.2) is 5.76 Å². The van der Waals surface area contributed by atoms with Crippen LogP contribution in [0, 0.1) is 0 Å². The van der Waals surface area contributed by atoms with Crippen LogP contribution < -0.4 is 10.1 Å². The number of aryl methyl sites for hydroxylation is 1. The third-order valence-electron chi connectivity index (χ3n) is 3.93. The predicted molar refractivity (Wildman–Crippen MR) is 98.3 cm³/mol. The quantitative estimate of drug-likeness (QED) is 0.673. The second-order valence-corrected chi connectivity index (χ2v) is 6.16. The van der Waals surface area contributed by atoms with Gasteiger partial charge in [-0.1, -0.05) is 23.7 Å². The summed E-state index contributed by atoms with van der Waals surface area (Å²) in [5.74, 6) is 1.06. The molecule has 0 aliphatic carbocycles. The number of furan rings is 1. The lowest BCUT2D eigenvalue weighted by atomic mass is 10.2. The van der Waals surface area contributed by atoms with Gasteiger partial charge in [-0.05, 0) is 44.2 Å². The molecular weight excluding hydrogens is 354 g/mol. The Kier molecular flexibility index (Phi) is 5.63. The summed E-state index contributed by atoms with van der Waals surface area (Å²) in [6.45, 7) is 4.84. The number of benzene rings is 1. The molecular formula is C19H20ClN3O3. The fourth-order valence-electron chi connectivity index (χ4n) is 2.60. The van der Waals surface area contributed by atoms with Crippen LogP contribution in [0.25, 0.3) is 0 Å². The van der Waals surface area contributed by atoms with Gasteiger partial charge in [0.25, 0.3) is 5.91 Å². The standard InChI is InChI=1S/C19H20ClN3O3/c1-3-23-16(10-11-21-23)13(2)22-19(24)18-9-8-14(26-18)12-25-17-7-5-4-6-15(17)20/h4-11,13H,3,12H2,1-2H3,(H,22,24). The molecule has 136 valence electrons. The van der Waals surface area contributed by atoms with E-state index in [1.54, 1.807) is 30.5 Å². The molecule has 0 radical (unpaired) electrons. The van der Waals surface area contributed by atoms with Crippen LogP contribution in [0.3, 0.4) is 0 Å². The molecule has 0 saturated heterocycles. The van der Waals surface area contributed by atoms with Crippen molar-refractivity contribution >= 4 is 17.5 Å². The SMILES string of the molecule is CCn1nccc1C(C)NC(=O)c1ccc(COc2ccccc2Cl)o1. The van der Waals surface area contributed by atoms with E-state index in [9.17, 15) is 4.79 Å². The smallest absolute Gasteiger partial charge is 0.287 e. The molecule has 2 aromatic heterocycles. The first-order chi connectivity index (χ1) is 12.6. The van der Waals surface area contributed by atoms with Crippen molar-refractivity contribution in [2.24, 2.45) is 0 Å². The Balaban J connectivity index is 1.60. The van der Waals surface area contributed by atoms with Gasteiger partial charge in [0, 0.05) is 12.7 Å². The third-order valence-corrected chi connectivity index (χ3v) is 4.24. The van der Waals surface area contributed by atoms with Crippen LogP contribution in [0.5, 0.6) is 5.75 Å². The highest BCUT2D eigenvalue weighted by molar-refractivity contribution is 6.32. The molecule has 0 saturated carbocycles. The molecule has 1 atom stereocenters. The van der Waals surface area contributed by atoms with Gasteiger partial charge in [0.1, 0.15) is 18.1 Å². The molecule has 0 fully saturated rings. The summed E-state index contributed by atoms with van der Waals surface area (Å²) in [5.41, 5.74) is 0.940. The van der Waals surface area contributed by atoms with E-state index in [1.807, 2.05) is 36.7 Å². The number of nitrogens with one attached hydrogen (secondary N) is 1. The van der Waals surface area contributed by atoms with E-state index in [0.717, 1.165) is 12.2 Å². The summed E-state index contributed by atoms with van der Waals surface area (Å²) in [4.78, 5) is 12.4. The van der Waals surface area contributed by atoms with Gasteiger partial charge in [0.05, 0.1) is 16.8 Å². The lowest BCUT2D eigenvalue weighted by Crippen LogP contribution is -2.28. The van der Waals surface area contributed by atoms with Gasteiger partial charge >= 0.3 is 0 Å². The van der Waals surface area contributed by atoms with Crippen LogP contribution >= 0.6 is 11.6 Å². The highest BCUT2D eigenvalue weighted by atomic mass is 35.5. The Morgan fingerprint density at radius 3 is 2.88 bits per heavy atom. The summed E-state index contributed by atoms with van der Waals surface area (Å²) in [6.07, 6.45) is 1.72. The third kappa shape index (κ3) is 4.08. The molecule has 6 nitrogen and oxygen atoms in total. The maximum absolute atomic E-state index is 12.4. The number of ether oxygens (including phenoxy) is 1. The van der Waals surface area contributed by atoms with Crippen LogP contribution in [0.15, 0.2) is 53.1 Å². The first kappa shape index (κ1) is 18.1. The summed E-state index contributed by atoms with van der Waals surface area (Å²) in [7, 11) is 0. The molecule has 0 aliphatic rings. The maximum Gasteiger partial charge on any atom is 0.287 e. The minimum atomic E-state index is -0.287. The number of amides is 1. The van der Waals surface area contributed by atoms with Gasteiger partial charge in [0.2, 0.25) is 0 Å². The highest BCUT2D eigenvalue weighted by Crippen LogP contribution is 2.24. The average molecular weight is 374 g/mol. The number of nitrogens with zero attached hydrogens (tertiary/aromatic N) is 2. The minimum Gasteiger partial charge on any atom is -0.484 e. The lowest BCUT2D eigenvalue weighted by Gasteiger charge is -2.14. The fraction of sp³-hybridized carbons (Fsp3) is 0.263. The Labute approximate surface area is 156 Å². The number of hydrogen-bond donors (Lipinski definition) is 1. The van der Waals surface area contributed by atoms with Crippen molar-refractivity contribution in [2.45, 2.75) is 33.0 Å². The van der Waals surface area contributed by atoms with E-state index in [0.29, 0.717) is 16.5 Å². The number of para-hydroxylation sites is 1. The predicted octanol–water partition coefficient (Wildman–Crippen LogP) is 4.22. The van der Waals surface area contributed by atoms with Gasteiger partial charge in [-0.3, -0.25) is 9.48 Å². The van der Waals surface area contributed by atoms with Gasteiger partial charge in [-0.15, -0.1) is 0 Å². The van der Waals surface area contributed by atoms with Gasteiger partial charge in [-0.25, -0.2) is 0 Å². The van der Waals surface area contributed by atoms with E-state index in [4.69, 9.17) is 20.8 Å². The fourth-order valence-corrected chi connectivity index (χ4v) is 2.80. The van der Waals surface area contributed by atoms with Crippen molar-refractivity contribution in [1.82, 2.24) is 15.1 Å². The topological polar surface area (TPSA) is 69.3 Å². The number of halogens is 1. The second kappa shape index (κ2) is 8.10. The summed E-state index contributed by atoms with van der Waals surface area (Å²) in [5, 5.41) is 7.66. The molecule has 26 heavy (non-hydrogen) atoms. The average Bonchev–Trinajstić information content (AvgIpc) is 3.30. The molecule has 0 aliphatic heterocycles. The van der Waals surface area contributed by atoms with Crippen LogP contribution in [-0.2, 0) is 13.2 Å². The van der Waals surface area contributed by atoms with Gasteiger partial charge in [-0.2, -0.15) is 5.10 Å². The van der Waals surface area contributed by atoms with Crippen molar-refractivity contribution in [2.75, 3.05) is 0 Å². The van der Waals surface area contributed by atoms with Crippen molar-refractivity contribution < 1.29 is 13.9 Å². The lowest BCUT2D eigenvalue weighted by molar-refractivity contribution is 0.0906. The normalized spacial score (nSPS) is 12.0. The van der Waals surface area contributed by atoms with Crippen molar-refractivity contribution in [1.29, 1.82) is 0 Å². The Morgan fingerprint density at radius 2 is 2.12 bits per heavy atom. The first-order valence-electron chi connectivity index (χ1n) is 8.37. The zero-order valence-electron chi connectivity index (χ0n) is 14.6. The number of hydrogen-bond acceptors (Lipinski definition) is 4. The number of aromatic nitrogens is 2. The maximum atomic E-state index is 12.4. The molecule has 1 unspecified atom stereocenters. The molecule has 0 spiro atoms. The largest absolute Gasteiger partial charge is 0.484 e. The van der Waals surface area contributed by atoms with E-state index in [-0.39, 0.29) is 24.3 Å². The van der Waals surface area contributed by atoms with Crippen LogP contribution in [0.1, 0.15) is 41.9 Å². The van der Waals surface area contributed by atoms with E-state index in [1.165, 1.54) is 0 Å². The van der Waals surface area contributed by atoms with Gasteiger partial charge < -0.3 is 14.5 Å². The van der Waals surface area contributed by atoms with E-state index >= 15 is 0 Å². The molecule has 0 bridgehead atoms. The van der Waals surface area contributed by atoms with Crippen molar-refractivity contribution in [3.63, 3.8) is 0 Å². The molecule has 7 heteroatoms. The van der Waals surface area contributed by atoms with Crippen LogP contribution in [0.4, 0.5) is 0 Å². The first-order valence-corrected chi connectivity index (χ1v) is 8.75. The molecule has 1 amide bonds. The molecule has 3 rings (SSSR count). The Morgan fingerprint density at radius 1 is 1.31 bits per heavy atom. The number of rotatable bonds is 7. The molecule has 3 aromatic rings. The molecule has 1 N–H and O–H groups in total. The number of carbonyl (C=O) groups is 1. The zero-order chi connectivity index (χ0) is 18.5. The van der Waals surface area contributed by atoms with E-state index < -0.39 is 0 Å². The monoisotopic (exact) mass is 373 g/mol. The summed E-state index contributed by atoms with van der Waals surface area (Å²) in [6, 6.07) is 12.2. The molecule has 2 heterocycles. The zero-order valence-corrected chi connectivity index (χ0v) is 15.4. The number of carbonyl (C=O) groups excluding carboxylic acids is 1. The van der Waals surface area contributed by atoms with Crippen LogP contribution in [0.2, 0.25) is 5.02 Å². The minimum absolute atomic E-state index is 0.183. The van der Waals surface area contributed by atoms with Crippen molar-refractivity contribution in [3.8, 4) is 5.75 Å². The second-order valence-electron chi connectivity index (χ2n) is 5.75. The Bertz CT molecular complexity index is 888. The summed E-state index contributed by atoms with van der Waals surface area (Å²) >= 11 is 6.05. The van der Waals surface area contributed by atoms with Crippen molar-refractivity contribution in [3.05, 3.63) is 70.9 Å². The van der Waals surface area contributed by atoms with E-state index in [2.05, 4.69) is 10.4 Å². The van der Waals surface area contributed by atoms with Crippen LogP contribution in [-0.4, -0.2) is 15.7 Å². The summed E-state index contributed by atoms with van der Waals surface area (Å²) < 4.78 is 13.0. The molecule has 1 aromatic carbocycles.